The van der Waals surface area contributed by atoms with E-state index >= 15 is 0 Å². The van der Waals surface area contributed by atoms with Crippen molar-refractivity contribution in [2.24, 2.45) is 5.92 Å². The first-order chi connectivity index (χ1) is 20.8. The van der Waals surface area contributed by atoms with E-state index in [1.807, 2.05) is 4.72 Å². The summed E-state index contributed by atoms with van der Waals surface area (Å²) in [5.41, 5.74) is 1.37. The highest BCUT2D eigenvalue weighted by molar-refractivity contribution is 7.90. The van der Waals surface area contributed by atoms with Crippen LogP contribution in [0, 0.1) is 5.92 Å². The molecule has 0 spiro atoms. The van der Waals surface area contributed by atoms with Crippen molar-refractivity contribution in [2.45, 2.75) is 19.6 Å². The van der Waals surface area contributed by atoms with E-state index in [0.717, 1.165) is 5.56 Å². The summed E-state index contributed by atoms with van der Waals surface area (Å²) in [6.07, 6.45) is -1.78. The summed E-state index contributed by atoms with van der Waals surface area (Å²) in [5.74, 6) is -2.29. The number of nitrogens with one attached hydrogen (secondary N) is 4. The molecule has 1 aromatic heterocycles. The van der Waals surface area contributed by atoms with Gasteiger partial charge in [-0.2, -0.15) is 28.1 Å². The third kappa shape index (κ3) is 10.1. The minimum absolute atomic E-state index is 0.0596. The van der Waals surface area contributed by atoms with Crippen LogP contribution in [-0.2, 0) is 21.4 Å². The van der Waals surface area contributed by atoms with Crippen molar-refractivity contribution < 1.29 is 40.7 Å². The fourth-order valence-electron chi connectivity index (χ4n) is 3.56. The summed E-state index contributed by atoms with van der Waals surface area (Å²) in [6, 6.07) is 12.2. The number of alkyl halides is 3. The summed E-state index contributed by atoms with van der Waals surface area (Å²) in [5, 5.41) is 8.33. The Labute approximate surface area is 250 Å². The van der Waals surface area contributed by atoms with Crippen LogP contribution in [0.3, 0.4) is 0 Å². The molecule has 3 aliphatic heterocycles. The van der Waals surface area contributed by atoms with E-state index in [4.69, 9.17) is 9.47 Å². The van der Waals surface area contributed by atoms with Gasteiger partial charge in [-0.25, -0.2) is 8.42 Å². The van der Waals surface area contributed by atoms with Crippen LogP contribution in [0.15, 0.2) is 60.7 Å². The SMILES string of the molecule is CC1CNC(=O)c2ccc(cc2)Nc2nc(nc(OCC(F)(F)F)n2)NCc2ccc(cc2)OC/C=C/CS(=O)(=O)NC1=O. The lowest BCUT2D eigenvalue weighted by Gasteiger charge is -2.14. The Morgan fingerprint density at radius 3 is 2.36 bits per heavy atom. The van der Waals surface area contributed by atoms with Crippen LogP contribution >= 0.6 is 0 Å². The van der Waals surface area contributed by atoms with Crippen LogP contribution in [0.5, 0.6) is 11.8 Å². The maximum absolute atomic E-state index is 12.8. The molecule has 1 atom stereocenters. The topological polar surface area (TPSA) is 174 Å². The van der Waals surface area contributed by atoms with Gasteiger partial charge in [0.15, 0.2) is 6.61 Å². The van der Waals surface area contributed by atoms with Gasteiger partial charge in [0, 0.05) is 24.3 Å². The summed E-state index contributed by atoms with van der Waals surface area (Å²) in [4.78, 5) is 37.0. The van der Waals surface area contributed by atoms with Gasteiger partial charge in [0.25, 0.3) is 5.91 Å². The van der Waals surface area contributed by atoms with Gasteiger partial charge in [-0.3, -0.25) is 14.3 Å². The maximum Gasteiger partial charge on any atom is 0.422 e. The van der Waals surface area contributed by atoms with E-state index in [2.05, 4.69) is 30.9 Å². The van der Waals surface area contributed by atoms with Crippen molar-refractivity contribution in [3.63, 3.8) is 0 Å². The normalized spacial score (nSPS) is 18.6. The summed E-state index contributed by atoms with van der Waals surface area (Å²) >= 11 is 0. The molecule has 0 radical (unpaired) electrons. The number of carbonyl (C=O) groups excluding carboxylic acids is 2. The lowest BCUT2D eigenvalue weighted by Crippen LogP contribution is -2.40. The zero-order valence-electron chi connectivity index (χ0n) is 23.2. The molecule has 4 heterocycles. The van der Waals surface area contributed by atoms with Gasteiger partial charge in [0.05, 0.1) is 11.7 Å². The fraction of sp³-hybridized carbons (Fsp3) is 0.296. The molecule has 0 aliphatic carbocycles. The molecule has 6 bridgehead atoms. The van der Waals surface area contributed by atoms with Crippen molar-refractivity contribution >= 4 is 39.4 Å². The molecule has 0 saturated carbocycles. The Kier molecular flexibility index (Phi) is 10.2. The molecule has 1 unspecified atom stereocenters. The monoisotopic (exact) mass is 635 g/mol. The van der Waals surface area contributed by atoms with Crippen LogP contribution in [0.4, 0.5) is 30.8 Å². The van der Waals surface area contributed by atoms with Gasteiger partial charge < -0.3 is 25.4 Å². The van der Waals surface area contributed by atoms with E-state index in [0.29, 0.717) is 11.4 Å². The van der Waals surface area contributed by atoms with E-state index in [-0.39, 0.29) is 37.2 Å². The molecule has 0 saturated heterocycles. The summed E-state index contributed by atoms with van der Waals surface area (Å²) in [7, 11) is -3.95. The number of nitrogens with zero attached hydrogens (tertiary/aromatic N) is 3. The predicted molar refractivity (Wildman–Crippen MR) is 153 cm³/mol. The first-order valence-corrected chi connectivity index (χ1v) is 14.8. The lowest BCUT2D eigenvalue weighted by molar-refractivity contribution is -0.154. The van der Waals surface area contributed by atoms with Crippen molar-refractivity contribution in [2.75, 3.05) is 36.1 Å². The molecular weight excluding hydrogens is 607 g/mol. The zero-order chi connectivity index (χ0) is 31.7. The van der Waals surface area contributed by atoms with Gasteiger partial charge in [-0.05, 0) is 42.0 Å². The smallest absolute Gasteiger partial charge is 0.422 e. The minimum atomic E-state index is -4.61. The number of aromatic nitrogens is 3. The molecule has 0 fully saturated rings. The average Bonchev–Trinajstić information content (AvgIpc) is 2.97. The molecule has 2 amide bonds. The van der Waals surface area contributed by atoms with Crippen molar-refractivity contribution in [3.8, 4) is 11.8 Å². The molecule has 3 aliphatic rings. The number of benzene rings is 2. The van der Waals surface area contributed by atoms with Crippen LogP contribution in [0.2, 0.25) is 0 Å². The zero-order valence-corrected chi connectivity index (χ0v) is 24.0. The van der Waals surface area contributed by atoms with Crippen molar-refractivity contribution in [3.05, 3.63) is 71.8 Å². The Hall–Kier alpha value is -4.93. The van der Waals surface area contributed by atoms with Crippen molar-refractivity contribution in [1.29, 1.82) is 0 Å². The maximum atomic E-state index is 12.8. The largest absolute Gasteiger partial charge is 0.490 e. The first kappa shape index (κ1) is 32.0. The Morgan fingerprint density at radius 1 is 0.955 bits per heavy atom. The molecule has 4 N–H and O–H groups in total. The number of sulfonamides is 1. The number of hydrogen-bond donors (Lipinski definition) is 4. The number of ether oxygens (including phenoxy) is 2. The number of rotatable bonds is 2. The van der Waals surface area contributed by atoms with Crippen LogP contribution in [0.25, 0.3) is 0 Å². The molecule has 3 aromatic rings. The average molecular weight is 636 g/mol. The Morgan fingerprint density at radius 2 is 1.66 bits per heavy atom. The minimum Gasteiger partial charge on any atom is -0.490 e. The third-order valence-corrected chi connectivity index (χ3v) is 7.00. The molecule has 17 heteroatoms. The third-order valence-electron chi connectivity index (χ3n) is 5.86. The number of amides is 2. The van der Waals surface area contributed by atoms with Crippen LogP contribution in [-0.4, -0.2) is 66.9 Å². The van der Waals surface area contributed by atoms with Gasteiger partial charge in [-0.15, -0.1) is 0 Å². The highest BCUT2D eigenvalue weighted by Crippen LogP contribution is 2.21. The molecule has 234 valence electrons. The Balaban J connectivity index is 1.57. The quantitative estimate of drug-likeness (QED) is 0.305. The summed E-state index contributed by atoms with van der Waals surface area (Å²) < 4.78 is 75.2. The molecule has 13 nitrogen and oxygen atoms in total. The standard InChI is InChI=1S/C27H28F3N7O6S/c1-17-14-31-23(39)19-6-8-20(9-7-19)33-25-34-24(35-26(36-25)43-16-27(28,29)30)32-15-18-4-10-21(11-5-18)42-12-2-3-13-44(40,41)37-22(17)38/h2-11,17H,12-16H2,1H3,(H,31,39)(H,37,38)(H2,32,33,34,35,36)/b3-2+. The molecule has 6 rings (SSSR count). The van der Waals surface area contributed by atoms with Gasteiger partial charge >= 0.3 is 12.2 Å². The second-order valence-corrected chi connectivity index (χ2v) is 11.3. The van der Waals surface area contributed by atoms with Crippen LogP contribution in [0.1, 0.15) is 22.8 Å². The fourth-order valence-corrected chi connectivity index (χ4v) is 4.54. The summed E-state index contributed by atoms with van der Waals surface area (Å²) in [6.45, 7) is -0.0250. The van der Waals surface area contributed by atoms with Gasteiger partial charge in [0.1, 0.15) is 12.4 Å². The van der Waals surface area contributed by atoms with Crippen molar-refractivity contribution in [1.82, 2.24) is 25.0 Å². The molecule has 44 heavy (non-hydrogen) atoms. The lowest BCUT2D eigenvalue weighted by atomic mass is 10.1. The van der Waals surface area contributed by atoms with E-state index in [9.17, 15) is 31.2 Å². The van der Waals surface area contributed by atoms with Gasteiger partial charge in [-0.1, -0.05) is 31.2 Å². The number of carbonyl (C=O) groups is 2. The number of anilines is 3. The Bertz CT molecular complexity index is 1600. The highest BCUT2D eigenvalue weighted by atomic mass is 32.2. The first-order valence-electron chi connectivity index (χ1n) is 13.1. The van der Waals surface area contributed by atoms with Crippen LogP contribution < -0.4 is 30.1 Å². The second kappa shape index (κ2) is 14.0. The molecular formula is C27H28F3N7O6S. The molecule has 2 aromatic carbocycles. The van der Waals surface area contributed by atoms with E-state index in [1.165, 1.54) is 43.3 Å². The van der Waals surface area contributed by atoms with E-state index in [1.54, 1.807) is 24.3 Å². The van der Waals surface area contributed by atoms with E-state index < -0.39 is 52.3 Å². The highest BCUT2D eigenvalue weighted by Gasteiger charge is 2.29. The van der Waals surface area contributed by atoms with Gasteiger partial charge in [0.2, 0.25) is 27.8 Å². The number of hydrogen-bond acceptors (Lipinski definition) is 11. The number of halogens is 3. The second-order valence-electron chi connectivity index (χ2n) is 9.51. The number of fused-ring (bicyclic) bond motifs is 2. The predicted octanol–water partition coefficient (Wildman–Crippen LogP) is 2.93.